The molecular weight excluding hydrogens is 248 g/mol. The van der Waals surface area contributed by atoms with Gasteiger partial charge in [0.05, 0.1) is 5.92 Å². The summed E-state index contributed by atoms with van der Waals surface area (Å²) in [6.45, 7) is 9.27. The quantitative estimate of drug-likeness (QED) is 0.668. The fraction of sp³-hybridized carbons (Fsp3) is 0.944. The molecule has 116 valence electrons. The Morgan fingerprint density at radius 1 is 0.900 bits per heavy atom. The summed E-state index contributed by atoms with van der Waals surface area (Å²) in [6.07, 6.45) is 9.21. The summed E-state index contributed by atoms with van der Waals surface area (Å²) in [7, 11) is 0. The highest BCUT2D eigenvalue weighted by atomic mass is 16.5. The minimum atomic E-state index is 0.0936. The highest BCUT2D eigenvalue weighted by Gasteiger charge is 2.33. The number of ether oxygens (including phenoxy) is 1. The summed E-state index contributed by atoms with van der Waals surface area (Å²) in [6, 6.07) is 0. The first-order valence-electron chi connectivity index (χ1n) is 8.56. The molecule has 0 heterocycles. The van der Waals surface area contributed by atoms with Crippen molar-refractivity contribution in [2.24, 2.45) is 23.2 Å². The molecule has 0 atom stereocenters. The van der Waals surface area contributed by atoms with Crippen LogP contribution >= 0.6 is 0 Å². The molecule has 2 saturated carbocycles. The van der Waals surface area contributed by atoms with Crippen LogP contribution in [0.4, 0.5) is 0 Å². The number of carbonyl (C=O) groups is 1. The minimum absolute atomic E-state index is 0.0936. The Bertz CT molecular complexity index is 313. The van der Waals surface area contributed by atoms with E-state index in [1.165, 1.54) is 25.7 Å². The van der Waals surface area contributed by atoms with Crippen LogP contribution in [0.1, 0.15) is 79.1 Å². The van der Waals surface area contributed by atoms with Gasteiger partial charge in [0.2, 0.25) is 0 Å². The average Bonchev–Trinajstić information content (AvgIpc) is 2.39. The van der Waals surface area contributed by atoms with Crippen molar-refractivity contribution in [2.45, 2.75) is 85.2 Å². The van der Waals surface area contributed by atoms with E-state index in [0.717, 1.165) is 37.5 Å². The molecule has 0 spiro atoms. The molecular formula is C18H32O2. The van der Waals surface area contributed by atoms with Crippen LogP contribution in [0.3, 0.4) is 0 Å². The van der Waals surface area contributed by atoms with Gasteiger partial charge in [0, 0.05) is 0 Å². The van der Waals surface area contributed by atoms with Crippen molar-refractivity contribution in [3.8, 4) is 0 Å². The molecule has 0 radical (unpaired) electrons. The molecule has 0 aromatic heterocycles. The van der Waals surface area contributed by atoms with Crippen LogP contribution < -0.4 is 0 Å². The number of rotatable bonds is 2. The molecule has 0 unspecified atom stereocenters. The standard InChI is InChI=1S/C18H32O2/c1-13-5-7-14(8-6-13)17(19)20-16-11-9-15(10-12-16)18(2,3)4/h13-16H,5-12H2,1-4H3. The van der Waals surface area contributed by atoms with Gasteiger partial charge in [-0.2, -0.15) is 0 Å². The molecule has 2 nitrogen and oxygen atoms in total. The molecule has 0 bridgehead atoms. The van der Waals surface area contributed by atoms with Crippen molar-refractivity contribution in [3.63, 3.8) is 0 Å². The maximum atomic E-state index is 12.2. The Morgan fingerprint density at radius 2 is 1.45 bits per heavy atom. The van der Waals surface area contributed by atoms with Gasteiger partial charge in [-0.1, -0.05) is 27.7 Å². The molecule has 0 amide bonds. The van der Waals surface area contributed by atoms with Gasteiger partial charge in [0.15, 0.2) is 0 Å². The maximum Gasteiger partial charge on any atom is 0.309 e. The van der Waals surface area contributed by atoms with E-state index in [1.54, 1.807) is 0 Å². The molecule has 0 aromatic rings. The second kappa shape index (κ2) is 6.49. The fourth-order valence-corrected chi connectivity index (χ4v) is 3.80. The van der Waals surface area contributed by atoms with Gasteiger partial charge in [-0.15, -0.1) is 0 Å². The van der Waals surface area contributed by atoms with Crippen LogP contribution in [0.15, 0.2) is 0 Å². The zero-order valence-corrected chi connectivity index (χ0v) is 13.8. The Balaban J connectivity index is 1.74. The lowest BCUT2D eigenvalue weighted by molar-refractivity contribution is -0.157. The van der Waals surface area contributed by atoms with E-state index >= 15 is 0 Å². The van der Waals surface area contributed by atoms with Crippen molar-refractivity contribution in [3.05, 3.63) is 0 Å². The average molecular weight is 280 g/mol. The molecule has 0 aliphatic heterocycles. The van der Waals surface area contributed by atoms with E-state index in [4.69, 9.17) is 4.74 Å². The smallest absolute Gasteiger partial charge is 0.309 e. The van der Waals surface area contributed by atoms with Crippen LogP contribution in [-0.4, -0.2) is 12.1 Å². The van der Waals surface area contributed by atoms with E-state index in [0.29, 0.717) is 5.41 Å². The monoisotopic (exact) mass is 280 g/mol. The third kappa shape index (κ3) is 4.23. The summed E-state index contributed by atoms with van der Waals surface area (Å²) in [5.41, 5.74) is 0.397. The van der Waals surface area contributed by atoms with Gasteiger partial charge >= 0.3 is 5.97 Å². The zero-order chi connectivity index (χ0) is 14.8. The molecule has 0 saturated heterocycles. The second-order valence-corrected chi connectivity index (χ2v) is 8.23. The Hall–Kier alpha value is -0.530. The SMILES string of the molecule is CC1CCC(C(=O)OC2CCC(C(C)(C)C)CC2)CC1. The van der Waals surface area contributed by atoms with Gasteiger partial charge in [-0.25, -0.2) is 0 Å². The van der Waals surface area contributed by atoms with Crippen LogP contribution in [-0.2, 0) is 9.53 Å². The van der Waals surface area contributed by atoms with E-state index in [2.05, 4.69) is 27.7 Å². The zero-order valence-electron chi connectivity index (χ0n) is 13.8. The third-order valence-electron chi connectivity index (χ3n) is 5.53. The lowest BCUT2D eigenvalue weighted by Gasteiger charge is -2.37. The van der Waals surface area contributed by atoms with Gasteiger partial charge in [0.25, 0.3) is 0 Å². The fourth-order valence-electron chi connectivity index (χ4n) is 3.80. The lowest BCUT2D eigenvalue weighted by Crippen LogP contribution is -2.32. The Morgan fingerprint density at radius 3 is 1.95 bits per heavy atom. The van der Waals surface area contributed by atoms with Crippen LogP contribution in [0, 0.1) is 23.2 Å². The molecule has 20 heavy (non-hydrogen) atoms. The maximum absolute atomic E-state index is 12.2. The lowest BCUT2D eigenvalue weighted by atomic mass is 9.72. The van der Waals surface area contributed by atoms with E-state index < -0.39 is 0 Å². The molecule has 0 aromatic carbocycles. The summed E-state index contributed by atoms with van der Waals surface area (Å²) < 4.78 is 5.79. The number of esters is 1. The summed E-state index contributed by atoms with van der Waals surface area (Å²) >= 11 is 0. The Labute approximate surface area is 124 Å². The topological polar surface area (TPSA) is 26.3 Å². The predicted octanol–water partition coefficient (Wildman–Crippen LogP) is 4.96. The largest absolute Gasteiger partial charge is 0.462 e. The summed E-state index contributed by atoms with van der Waals surface area (Å²) in [4.78, 5) is 12.2. The molecule has 2 aliphatic carbocycles. The number of hydrogen-bond donors (Lipinski definition) is 0. The van der Waals surface area contributed by atoms with E-state index in [-0.39, 0.29) is 18.0 Å². The van der Waals surface area contributed by atoms with Crippen molar-refractivity contribution in [1.82, 2.24) is 0 Å². The highest BCUT2D eigenvalue weighted by Crippen LogP contribution is 2.39. The molecule has 2 heteroatoms. The van der Waals surface area contributed by atoms with Crippen LogP contribution in [0.25, 0.3) is 0 Å². The molecule has 2 fully saturated rings. The van der Waals surface area contributed by atoms with Crippen molar-refractivity contribution in [2.75, 3.05) is 0 Å². The first-order valence-corrected chi connectivity index (χ1v) is 8.56. The van der Waals surface area contributed by atoms with Gasteiger partial charge in [-0.05, 0) is 68.6 Å². The van der Waals surface area contributed by atoms with E-state index in [9.17, 15) is 4.79 Å². The second-order valence-electron chi connectivity index (χ2n) is 8.23. The first-order chi connectivity index (χ1) is 9.36. The first kappa shape index (κ1) is 15.9. The molecule has 2 aliphatic rings. The minimum Gasteiger partial charge on any atom is -0.462 e. The summed E-state index contributed by atoms with van der Waals surface area (Å²) in [5, 5.41) is 0. The van der Waals surface area contributed by atoms with Crippen molar-refractivity contribution < 1.29 is 9.53 Å². The highest BCUT2D eigenvalue weighted by molar-refractivity contribution is 5.72. The molecule has 2 rings (SSSR count). The molecule has 0 N–H and O–H groups in total. The van der Waals surface area contributed by atoms with E-state index in [1.807, 2.05) is 0 Å². The van der Waals surface area contributed by atoms with Gasteiger partial charge in [-0.3, -0.25) is 4.79 Å². The number of carbonyl (C=O) groups excluding carboxylic acids is 1. The van der Waals surface area contributed by atoms with Crippen LogP contribution in [0.2, 0.25) is 0 Å². The van der Waals surface area contributed by atoms with Gasteiger partial charge in [0.1, 0.15) is 6.10 Å². The van der Waals surface area contributed by atoms with Gasteiger partial charge < -0.3 is 4.74 Å². The Kier molecular flexibility index (Phi) is 5.14. The van der Waals surface area contributed by atoms with Crippen molar-refractivity contribution in [1.29, 1.82) is 0 Å². The summed E-state index contributed by atoms with van der Waals surface area (Å²) in [5.74, 6) is 1.86. The predicted molar refractivity (Wildman–Crippen MR) is 82.4 cm³/mol. The van der Waals surface area contributed by atoms with Crippen LogP contribution in [0.5, 0.6) is 0 Å². The third-order valence-corrected chi connectivity index (χ3v) is 5.53. The number of hydrogen-bond acceptors (Lipinski definition) is 2. The normalized spacial score (nSPS) is 35.6. The van der Waals surface area contributed by atoms with Crippen molar-refractivity contribution >= 4 is 5.97 Å².